The number of methoxy groups -OCH3 is 1. The van der Waals surface area contributed by atoms with E-state index >= 15 is 0 Å². The first kappa shape index (κ1) is 37.4. The van der Waals surface area contributed by atoms with Crippen molar-refractivity contribution in [2.24, 2.45) is 0 Å². The van der Waals surface area contributed by atoms with Gasteiger partial charge in [-0.1, -0.05) is 88.5 Å². The SMILES string of the molecule is CCOC(=O)CCCC/C=C\CCCCCCCCC(O)CCCCCCCC/C=C\CCCCC(=O)OC. The predicted molar refractivity (Wildman–Crippen MR) is 164 cm³/mol. The molecule has 0 aliphatic rings. The third-order valence-electron chi connectivity index (χ3n) is 7.19. The lowest BCUT2D eigenvalue weighted by molar-refractivity contribution is -0.143. The highest BCUT2D eigenvalue weighted by atomic mass is 16.5. The number of hydrogen-bond acceptors (Lipinski definition) is 5. The van der Waals surface area contributed by atoms with Crippen LogP contribution in [0.1, 0.15) is 161 Å². The summed E-state index contributed by atoms with van der Waals surface area (Å²) in [6.45, 7) is 2.33. The molecule has 0 spiro atoms. The second kappa shape index (κ2) is 30.9. The molecule has 1 atom stereocenters. The highest BCUT2D eigenvalue weighted by molar-refractivity contribution is 5.69. The molecule has 5 nitrogen and oxygen atoms in total. The first-order valence-electron chi connectivity index (χ1n) is 16.3. The molecular weight excluding hydrogens is 488 g/mol. The number of ether oxygens (including phenoxy) is 2. The molecule has 0 rings (SSSR count). The first-order chi connectivity index (χ1) is 19.1. The maximum absolute atomic E-state index is 11.3. The number of rotatable bonds is 29. The van der Waals surface area contributed by atoms with E-state index in [2.05, 4.69) is 29.0 Å². The number of aliphatic hydroxyl groups is 1. The van der Waals surface area contributed by atoms with Gasteiger partial charge in [0.1, 0.15) is 0 Å². The summed E-state index contributed by atoms with van der Waals surface area (Å²) in [6.07, 6.45) is 35.5. The van der Waals surface area contributed by atoms with E-state index in [1.165, 1.54) is 71.3 Å². The second-order valence-corrected chi connectivity index (χ2v) is 10.9. The molecule has 0 aliphatic carbocycles. The molecule has 0 aromatic heterocycles. The summed E-state index contributed by atoms with van der Waals surface area (Å²) < 4.78 is 9.58. The number of esters is 2. The van der Waals surface area contributed by atoms with Gasteiger partial charge >= 0.3 is 11.9 Å². The molecule has 39 heavy (non-hydrogen) atoms. The van der Waals surface area contributed by atoms with Crippen molar-refractivity contribution in [3.63, 3.8) is 0 Å². The van der Waals surface area contributed by atoms with Gasteiger partial charge in [0.25, 0.3) is 0 Å². The summed E-state index contributed by atoms with van der Waals surface area (Å²) in [7, 11) is 1.45. The van der Waals surface area contributed by atoms with E-state index in [-0.39, 0.29) is 18.0 Å². The Kier molecular flexibility index (Phi) is 29.6. The number of carbonyl (C=O) groups is 2. The minimum absolute atomic E-state index is 0.0726. The number of allylic oxidation sites excluding steroid dienone is 4. The van der Waals surface area contributed by atoms with E-state index < -0.39 is 0 Å². The Bertz CT molecular complexity index is 598. The lowest BCUT2D eigenvalue weighted by atomic mass is 10.0. The molecular formula is C34H62O5. The average molecular weight is 551 g/mol. The highest BCUT2D eigenvalue weighted by Gasteiger charge is 2.04. The van der Waals surface area contributed by atoms with Gasteiger partial charge in [0.15, 0.2) is 0 Å². The van der Waals surface area contributed by atoms with Gasteiger partial charge in [0.05, 0.1) is 19.8 Å². The molecule has 1 unspecified atom stereocenters. The van der Waals surface area contributed by atoms with Gasteiger partial charge in [-0.2, -0.15) is 0 Å². The van der Waals surface area contributed by atoms with Gasteiger partial charge in [-0.3, -0.25) is 9.59 Å². The monoisotopic (exact) mass is 550 g/mol. The second-order valence-electron chi connectivity index (χ2n) is 10.9. The standard InChI is InChI=1S/C34H62O5/c1-3-39-34(37)31-27-23-19-15-11-7-5-9-13-17-21-25-29-32(35)28-24-20-16-12-8-4-6-10-14-18-22-26-30-33(36)38-2/h10-11,14-15,32,35H,3-9,12-13,16-31H2,1-2H3/b14-10-,15-11-. The number of hydrogen-bond donors (Lipinski definition) is 1. The fourth-order valence-electron chi connectivity index (χ4n) is 4.71. The van der Waals surface area contributed by atoms with Crippen LogP contribution >= 0.6 is 0 Å². The maximum atomic E-state index is 11.3. The third kappa shape index (κ3) is 30.8. The largest absolute Gasteiger partial charge is 0.469 e. The van der Waals surface area contributed by atoms with Crippen LogP contribution < -0.4 is 0 Å². The Morgan fingerprint density at radius 1 is 0.564 bits per heavy atom. The van der Waals surface area contributed by atoms with Gasteiger partial charge in [0, 0.05) is 12.8 Å². The Balaban J connectivity index is 3.29. The van der Waals surface area contributed by atoms with Crippen molar-refractivity contribution in [1.29, 1.82) is 0 Å². The van der Waals surface area contributed by atoms with Gasteiger partial charge in [-0.15, -0.1) is 0 Å². The van der Waals surface area contributed by atoms with Crippen molar-refractivity contribution in [3.05, 3.63) is 24.3 Å². The molecule has 0 heterocycles. The van der Waals surface area contributed by atoms with Crippen LogP contribution in [0.4, 0.5) is 0 Å². The summed E-state index contributed by atoms with van der Waals surface area (Å²) in [6, 6.07) is 0. The maximum Gasteiger partial charge on any atom is 0.305 e. The van der Waals surface area contributed by atoms with Gasteiger partial charge in [0.2, 0.25) is 0 Å². The van der Waals surface area contributed by atoms with Crippen LogP contribution in [0.25, 0.3) is 0 Å². The normalized spacial score (nSPS) is 12.4. The van der Waals surface area contributed by atoms with Gasteiger partial charge in [-0.05, 0) is 84.0 Å². The molecule has 0 bridgehead atoms. The third-order valence-corrected chi connectivity index (χ3v) is 7.19. The van der Waals surface area contributed by atoms with Gasteiger partial charge < -0.3 is 14.6 Å². The van der Waals surface area contributed by atoms with E-state index in [9.17, 15) is 14.7 Å². The number of carbonyl (C=O) groups excluding carboxylic acids is 2. The molecule has 228 valence electrons. The summed E-state index contributed by atoms with van der Waals surface area (Å²) in [5, 5.41) is 10.2. The van der Waals surface area contributed by atoms with Crippen molar-refractivity contribution in [3.8, 4) is 0 Å². The van der Waals surface area contributed by atoms with E-state index in [0.717, 1.165) is 77.0 Å². The quantitative estimate of drug-likeness (QED) is 0.0570. The van der Waals surface area contributed by atoms with Crippen LogP contribution in [0, 0.1) is 0 Å². The highest BCUT2D eigenvalue weighted by Crippen LogP contribution is 2.15. The van der Waals surface area contributed by atoms with Crippen molar-refractivity contribution in [1.82, 2.24) is 0 Å². The van der Waals surface area contributed by atoms with Gasteiger partial charge in [-0.25, -0.2) is 0 Å². The molecule has 0 aromatic rings. The topological polar surface area (TPSA) is 72.8 Å². The van der Waals surface area contributed by atoms with Crippen LogP contribution in [-0.2, 0) is 19.1 Å². The smallest absolute Gasteiger partial charge is 0.305 e. The Labute approximate surface area is 241 Å². The number of unbranched alkanes of at least 4 members (excludes halogenated alkanes) is 16. The van der Waals surface area contributed by atoms with Crippen molar-refractivity contribution in [2.75, 3.05) is 13.7 Å². The molecule has 0 aromatic carbocycles. The zero-order valence-corrected chi connectivity index (χ0v) is 25.6. The van der Waals surface area contributed by atoms with E-state index in [1.807, 2.05) is 6.92 Å². The first-order valence-corrected chi connectivity index (χ1v) is 16.3. The van der Waals surface area contributed by atoms with Crippen molar-refractivity contribution in [2.45, 2.75) is 167 Å². The van der Waals surface area contributed by atoms with E-state index in [0.29, 0.717) is 19.4 Å². The van der Waals surface area contributed by atoms with Crippen LogP contribution in [0.5, 0.6) is 0 Å². The van der Waals surface area contributed by atoms with E-state index in [1.54, 1.807) is 0 Å². The average Bonchev–Trinajstić information content (AvgIpc) is 2.93. The van der Waals surface area contributed by atoms with Crippen molar-refractivity contribution >= 4 is 11.9 Å². The van der Waals surface area contributed by atoms with Crippen LogP contribution in [0.2, 0.25) is 0 Å². The Morgan fingerprint density at radius 3 is 1.33 bits per heavy atom. The summed E-state index contributed by atoms with van der Waals surface area (Å²) in [5.41, 5.74) is 0. The molecule has 0 amide bonds. The molecule has 0 saturated heterocycles. The Hall–Kier alpha value is -1.62. The summed E-state index contributed by atoms with van der Waals surface area (Å²) in [5.74, 6) is -0.180. The fraction of sp³-hybridized carbons (Fsp3) is 0.824. The van der Waals surface area contributed by atoms with Crippen LogP contribution in [-0.4, -0.2) is 36.9 Å². The van der Waals surface area contributed by atoms with Crippen molar-refractivity contribution < 1.29 is 24.2 Å². The minimum Gasteiger partial charge on any atom is -0.469 e. The minimum atomic E-state index is -0.107. The summed E-state index contributed by atoms with van der Waals surface area (Å²) in [4.78, 5) is 22.3. The predicted octanol–water partition coefficient (Wildman–Crippen LogP) is 9.56. The van der Waals surface area contributed by atoms with Crippen LogP contribution in [0.3, 0.4) is 0 Å². The Morgan fingerprint density at radius 2 is 0.923 bits per heavy atom. The molecule has 0 radical (unpaired) electrons. The lowest BCUT2D eigenvalue weighted by Crippen LogP contribution is -2.05. The number of aliphatic hydroxyl groups excluding tert-OH is 1. The zero-order valence-electron chi connectivity index (χ0n) is 25.6. The van der Waals surface area contributed by atoms with Crippen LogP contribution in [0.15, 0.2) is 24.3 Å². The molecule has 0 fully saturated rings. The molecule has 1 N–H and O–H groups in total. The lowest BCUT2D eigenvalue weighted by Gasteiger charge is -2.10. The fourth-order valence-corrected chi connectivity index (χ4v) is 4.71. The van der Waals surface area contributed by atoms with E-state index in [4.69, 9.17) is 4.74 Å². The summed E-state index contributed by atoms with van der Waals surface area (Å²) >= 11 is 0. The molecule has 0 saturated carbocycles. The zero-order chi connectivity index (χ0) is 28.7. The molecule has 0 aliphatic heterocycles. The molecule has 5 heteroatoms.